The number of carbonyl (C=O) groups excluding carboxylic acids is 2. The zero-order valence-corrected chi connectivity index (χ0v) is 6.95. The van der Waals surface area contributed by atoms with E-state index in [1.54, 1.807) is 0 Å². The van der Waals surface area contributed by atoms with Crippen LogP contribution >= 0.6 is 0 Å². The van der Waals surface area contributed by atoms with Gasteiger partial charge in [0, 0.05) is 24.2 Å². The molecule has 4 bridgehead atoms. The number of hydrogen-bond acceptors (Lipinski definition) is 2. The quantitative estimate of drug-likeness (QED) is 0.539. The number of rotatable bonds is 0. The molecule has 0 saturated heterocycles. The van der Waals surface area contributed by atoms with Gasteiger partial charge in [0.1, 0.15) is 11.6 Å². The molecule has 12 heavy (non-hydrogen) atoms. The van der Waals surface area contributed by atoms with Crippen LogP contribution < -0.4 is 0 Å². The predicted molar refractivity (Wildman–Crippen MR) is 42.4 cm³/mol. The molecule has 0 heterocycles. The second kappa shape index (κ2) is 1.98. The normalized spacial score (nSPS) is 50.3. The van der Waals surface area contributed by atoms with Gasteiger partial charge >= 0.3 is 0 Å². The summed E-state index contributed by atoms with van der Waals surface area (Å²) in [5, 5.41) is 0. The fourth-order valence-corrected chi connectivity index (χ4v) is 3.56. The molecule has 3 aliphatic rings. The molecule has 0 aromatic heterocycles. The molecule has 3 saturated carbocycles. The lowest BCUT2D eigenvalue weighted by atomic mass is 9.78. The molecular formula is C10H12O2. The van der Waals surface area contributed by atoms with Gasteiger partial charge in [-0.15, -0.1) is 0 Å². The largest absolute Gasteiger partial charge is 0.299 e. The van der Waals surface area contributed by atoms with Gasteiger partial charge in [-0.3, -0.25) is 9.59 Å². The third-order valence-corrected chi connectivity index (χ3v) is 3.99. The van der Waals surface area contributed by atoms with Gasteiger partial charge in [-0.05, 0) is 18.8 Å². The van der Waals surface area contributed by atoms with Crippen LogP contribution in [0, 0.1) is 23.7 Å². The lowest BCUT2D eigenvalue weighted by Crippen LogP contribution is -2.29. The van der Waals surface area contributed by atoms with Crippen LogP contribution in [0.4, 0.5) is 0 Å². The summed E-state index contributed by atoms with van der Waals surface area (Å²) >= 11 is 0. The first kappa shape index (κ1) is 6.81. The highest BCUT2D eigenvalue weighted by Crippen LogP contribution is 2.54. The van der Waals surface area contributed by atoms with Crippen LogP contribution in [0.5, 0.6) is 0 Å². The van der Waals surface area contributed by atoms with Crippen molar-refractivity contribution in [1.29, 1.82) is 0 Å². The first-order valence-corrected chi connectivity index (χ1v) is 4.85. The molecule has 2 heteroatoms. The average molecular weight is 164 g/mol. The van der Waals surface area contributed by atoms with E-state index in [1.807, 2.05) is 0 Å². The summed E-state index contributed by atoms with van der Waals surface area (Å²) in [6, 6.07) is 0. The van der Waals surface area contributed by atoms with Crippen LogP contribution in [0.25, 0.3) is 0 Å². The van der Waals surface area contributed by atoms with E-state index < -0.39 is 0 Å². The van der Waals surface area contributed by atoms with E-state index in [1.165, 1.54) is 6.42 Å². The Kier molecular flexibility index (Phi) is 1.12. The highest BCUT2D eigenvalue weighted by Gasteiger charge is 2.59. The molecule has 0 aromatic rings. The third-order valence-electron chi connectivity index (χ3n) is 3.99. The van der Waals surface area contributed by atoms with Crippen molar-refractivity contribution in [2.75, 3.05) is 0 Å². The van der Waals surface area contributed by atoms with Gasteiger partial charge in [-0.2, -0.15) is 0 Å². The number of carbonyl (C=O) groups is 2. The highest BCUT2D eigenvalue weighted by atomic mass is 16.1. The molecule has 0 radical (unpaired) electrons. The van der Waals surface area contributed by atoms with Crippen LogP contribution in [0.2, 0.25) is 0 Å². The molecule has 0 N–H and O–H groups in total. The fourth-order valence-electron chi connectivity index (χ4n) is 3.56. The van der Waals surface area contributed by atoms with Crippen molar-refractivity contribution in [2.45, 2.75) is 25.7 Å². The third kappa shape index (κ3) is 0.584. The van der Waals surface area contributed by atoms with Crippen molar-refractivity contribution in [1.82, 2.24) is 0 Å². The van der Waals surface area contributed by atoms with Gasteiger partial charge in [0.05, 0.1) is 0 Å². The summed E-state index contributed by atoms with van der Waals surface area (Å²) in [5.41, 5.74) is 0. The van der Waals surface area contributed by atoms with Crippen LogP contribution in [-0.4, -0.2) is 11.6 Å². The number of Topliss-reactive ketones (excluding diaryl/α,β-unsaturated/α-hetero) is 2. The Bertz CT molecular complexity index is 265. The van der Waals surface area contributed by atoms with Gasteiger partial charge in [0.25, 0.3) is 0 Å². The molecule has 0 spiro atoms. The first-order valence-electron chi connectivity index (χ1n) is 4.85. The smallest absolute Gasteiger partial charge is 0.140 e. The minimum atomic E-state index is 0.148. The summed E-state index contributed by atoms with van der Waals surface area (Å²) < 4.78 is 0. The van der Waals surface area contributed by atoms with Crippen molar-refractivity contribution in [3.05, 3.63) is 0 Å². The summed E-state index contributed by atoms with van der Waals surface area (Å²) in [7, 11) is 0. The molecule has 0 amide bonds. The van der Waals surface area contributed by atoms with Crippen LogP contribution in [0.15, 0.2) is 0 Å². The SMILES string of the molecule is O=C1[C@H]2CC(=O)[C@H]3C2CCC[C@@H]13. The lowest BCUT2D eigenvalue weighted by molar-refractivity contribution is -0.134. The van der Waals surface area contributed by atoms with Crippen LogP contribution in [0.3, 0.4) is 0 Å². The molecule has 3 fully saturated rings. The zero-order valence-electron chi connectivity index (χ0n) is 6.95. The molecule has 2 nitrogen and oxygen atoms in total. The molecule has 64 valence electrons. The lowest BCUT2D eigenvalue weighted by Gasteiger charge is -2.24. The van der Waals surface area contributed by atoms with E-state index in [0.717, 1.165) is 12.8 Å². The Hall–Kier alpha value is -0.660. The van der Waals surface area contributed by atoms with Crippen LogP contribution in [-0.2, 0) is 9.59 Å². The Balaban J connectivity index is 2.07. The minimum Gasteiger partial charge on any atom is -0.299 e. The van der Waals surface area contributed by atoms with Gasteiger partial charge in [0.2, 0.25) is 0 Å². The molecular weight excluding hydrogens is 152 g/mol. The van der Waals surface area contributed by atoms with Crippen molar-refractivity contribution >= 4 is 11.6 Å². The maximum absolute atomic E-state index is 11.6. The average Bonchev–Trinajstić information content (AvgIpc) is 2.48. The maximum atomic E-state index is 11.6. The number of ketones is 2. The van der Waals surface area contributed by atoms with Crippen molar-refractivity contribution in [2.24, 2.45) is 23.7 Å². The summed E-state index contributed by atoms with van der Waals surface area (Å²) in [6.07, 6.45) is 3.86. The fraction of sp³-hybridized carbons (Fsp3) is 0.800. The van der Waals surface area contributed by atoms with E-state index in [-0.39, 0.29) is 17.8 Å². The van der Waals surface area contributed by atoms with Gasteiger partial charge < -0.3 is 0 Å². The molecule has 0 aliphatic heterocycles. The summed E-state index contributed by atoms with van der Waals surface area (Å²) in [4.78, 5) is 23.1. The van der Waals surface area contributed by atoms with E-state index in [0.29, 0.717) is 23.9 Å². The van der Waals surface area contributed by atoms with Crippen molar-refractivity contribution in [3.63, 3.8) is 0 Å². The van der Waals surface area contributed by atoms with Crippen molar-refractivity contribution < 1.29 is 9.59 Å². The second-order valence-corrected chi connectivity index (χ2v) is 4.41. The highest BCUT2D eigenvalue weighted by molar-refractivity contribution is 6.02. The molecule has 3 aliphatic carbocycles. The Labute approximate surface area is 71.3 Å². The van der Waals surface area contributed by atoms with Gasteiger partial charge in [-0.1, -0.05) is 6.42 Å². The summed E-state index contributed by atoms with van der Waals surface area (Å²) in [6.45, 7) is 0. The monoisotopic (exact) mass is 164 g/mol. The number of hydrogen-bond donors (Lipinski definition) is 0. The minimum absolute atomic E-state index is 0.148. The standard InChI is InChI=1S/C10H12O2/c11-8-4-7-5-2-1-3-6(9(5)8)10(7)12/h5-7,9H,1-4H2/t5?,6-,7+,9+/m1/s1. The molecule has 1 unspecified atom stereocenters. The van der Waals surface area contributed by atoms with Gasteiger partial charge in [0.15, 0.2) is 0 Å². The topological polar surface area (TPSA) is 34.1 Å². The molecule has 4 atom stereocenters. The summed E-state index contributed by atoms with van der Waals surface area (Å²) in [5.74, 6) is 1.72. The predicted octanol–water partition coefficient (Wildman–Crippen LogP) is 1.19. The van der Waals surface area contributed by atoms with E-state index >= 15 is 0 Å². The van der Waals surface area contributed by atoms with E-state index in [4.69, 9.17) is 0 Å². The molecule has 3 rings (SSSR count). The zero-order chi connectivity index (χ0) is 8.29. The van der Waals surface area contributed by atoms with Crippen molar-refractivity contribution in [3.8, 4) is 0 Å². The molecule has 0 aromatic carbocycles. The Morgan fingerprint density at radius 2 is 1.92 bits per heavy atom. The van der Waals surface area contributed by atoms with Gasteiger partial charge in [-0.25, -0.2) is 0 Å². The Morgan fingerprint density at radius 3 is 2.58 bits per heavy atom. The Morgan fingerprint density at radius 1 is 1.08 bits per heavy atom. The second-order valence-electron chi connectivity index (χ2n) is 4.41. The van der Waals surface area contributed by atoms with E-state index in [2.05, 4.69) is 0 Å². The maximum Gasteiger partial charge on any atom is 0.140 e. The first-order chi connectivity index (χ1) is 5.79. The van der Waals surface area contributed by atoms with Crippen LogP contribution in [0.1, 0.15) is 25.7 Å². The van der Waals surface area contributed by atoms with E-state index in [9.17, 15) is 9.59 Å².